The van der Waals surface area contributed by atoms with Crippen molar-refractivity contribution in [1.29, 1.82) is 0 Å². The van der Waals surface area contributed by atoms with E-state index in [1.807, 2.05) is 0 Å². The molecule has 25 heavy (non-hydrogen) atoms. The van der Waals surface area contributed by atoms with E-state index in [4.69, 9.17) is 11.6 Å². The third kappa shape index (κ3) is 3.17. The number of benzene rings is 2. The number of carbonyl (C=O) groups excluding carboxylic acids is 2. The van der Waals surface area contributed by atoms with Crippen LogP contribution in [0.15, 0.2) is 42.5 Å². The van der Waals surface area contributed by atoms with Gasteiger partial charge in [-0.25, -0.2) is 4.90 Å². The van der Waals surface area contributed by atoms with Crippen LogP contribution in [0.1, 0.15) is 23.6 Å². The minimum atomic E-state index is -4.43. The Kier molecular flexibility index (Phi) is 4.16. The third-order valence-corrected chi connectivity index (χ3v) is 4.02. The molecular formula is C18H11ClF3NO2. The molecule has 0 aliphatic carbocycles. The van der Waals surface area contributed by atoms with Crippen molar-refractivity contribution in [2.75, 3.05) is 4.90 Å². The van der Waals surface area contributed by atoms with Gasteiger partial charge in [-0.3, -0.25) is 9.59 Å². The topological polar surface area (TPSA) is 37.4 Å². The number of anilines is 1. The van der Waals surface area contributed by atoms with E-state index in [2.05, 4.69) is 0 Å². The van der Waals surface area contributed by atoms with Crippen molar-refractivity contribution in [2.45, 2.75) is 13.1 Å². The largest absolute Gasteiger partial charge is 0.416 e. The summed E-state index contributed by atoms with van der Waals surface area (Å²) in [7, 11) is 0. The van der Waals surface area contributed by atoms with E-state index >= 15 is 0 Å². The van der Waals surface area contributed by atoms with E-state index < -0.39 is 23.6 Å². The molecule has 2 aromatic rings. The Morgan fingerprint density at radius 2 is 1.76 bits per heavy atom. The van der Waals surface area contributed by atoms with Crippen LogP contribution in [-0.4, -0.2) is 11.8 Å². The number of fused-ring (bicyclic) bond motifs is 1. The second-order valence-electron chi connectivity index (χ2n) is 5.50. The molecule has 3 rings (SSSR count). The van der Waals surface area contributed by atoms with Gasteiger partial charge in [0.1, 0.15) is 0 Å². The number of imide groups is 1. The number of carbonyl (C=O) groups is 2. The van der Waals surface area contributed by atoms with Crippen LogP contribution in [0, 0.1) is 0 Å². The molecule has 0 aromatic heterocycles. The van der Waals surface area contributed by atoms with Crippen LogP contribution >= 0.6 is 11.6 Å². The Balaban J connectivity index is 2.07. The zero-order valence-corrected chi connectivity index (χ0v) is 13.7. The first-order valence-electron chi connectivity index (χ1n) is 7.22. The maximum absolute atomic E-state index is 12.6. The summed E-state index contributed by atoms with van der Waals surface area (Å²) in [6, 6.07) is 9.12. The van der Waals surface area contributed by atoms with Gasteiger partial charge >= 0.3 is 6.18 Å². The standard InChI is InChI=1S/C18H11ClF3NO2/c1-10(24)23-16-9-13(19)6-7-14(16)15(17(23)25)8-11-2-4-12(5-3-11)18(20,21)22/h2-9H,1H3/b15-8+. The monoisotopic (exact) mass is 365 g/mol. The maximum atomic E-state index is 12.6. The minimum Gasteiger partial charge on any atom is -0.274 e. The van der Waals surface area contributed by atoms with Gasteiger partial charge in [-0.15, -0.1) is 0 Å². The van der Waals surface area contributed by atoms with Crippen molar-refractivity contribution in [2.24, 2.45) is 0 Å². The van der Waals surface area contributed by atoms with Gasteiger partial charge in [0, 0.05) is 17.5 Å². The van der Waals surface area contributed by atoms with Crippen LogP contribution in [0.25, 0.3) is 11.6 Å². The maximum Gasteiger partial charge on any atom is 0.416 e. The summed E-state index contributed by atoms with van der Waals surface area (Å²) < 4.78 is 37.9. The number of hydrogen-bond donors (Lipinski definition) is 0. The first-order valence-corrected chi connectivity index (χ1v) is 7.60. The van der Waals surface area contributed by atoms with Gasteiger partial charge in [-0.2, -0.15) is 13.2 Å². The highest BCUT2D eigenvalue weighted by atomic mass is 35.5. The van der Waals surface area contributed by atoms with Gasteiger partial charge in [0.05, 0.1) is 16.8 Å². The fraction of sp³-hybridized carbons (Fsp3) is 0.111. The molecule has 2 aromatic carbocycles. The number of halogens is 4. The predicted octanol–water partition coefficient (Wildman–Crippen LogP) is 4.79. The van der Waals surface area contributed by atoms with Crippen molar-refractivity contribution in [3.63, 3.8) is 0 Å². The van der Waals surface area contributed by atoms with Crippen LogP contribution in [0.2, 0.25) is 5.02 Å². The van der Waals surface area contributed by atoms with Crippen molar-refractivity contribution >= 4 is 40.8 Å². The highest BCUT2D eigenvalue weighted by Gasteiger charge is 2.35. The number of nitrogens with zero attached hydrogens (tertiary/aromatic N) is 1. The Bertz CT molecular complexity index is 902. The first-order chi connectivity index (χ1) is 11.7. The molecule has 0 atom stereocenters. The lowest BCUT2D eigenvalue weighted by atomic mass is 10.0. The smallest absolute Gasteiger partial charge is 0.274 e. The quantitative estimate of drug-likeness (QED) is 0.681. The van der Waals surface area contributed by atoms with E-state index in [1.54, 1.807) is 12.1 Å². The molecule has 0 fully saturated rings. The van der Waals surface area contributed by atoms with Gasteiger partial charge in [0.15, 0.2) is 0 Å². The molecule has 0 saturated carbocycles. The molecule has 1 aliphatic rings. The average Bonchev–Trinajstić information content (AvgIpc) is 2.78. The van der Waals surface area contributed by atoms with Gasteiger partial charge in [-0.1, -0.05) is 29.8 Å². The fourth-order valence-corrected chi connectivity index (χ4v) is 2.82. The van der Waals surface area contributed by atoms with Crippen molar-refractivity contribution < 1.29 is 22.8 Å². The molecule has 0 N–H and O–H groups in total. The van der Waals surface area contributed by atoms with E-state index in [0.29, 0.717) is 21.8 Å². The summed E-state index contributed by atoms with van der Waals surface area (Å²) in [6.07, 6.45) is -2.97. The van der Waals surface area contributed by atoms with Crippen LogP contribution in [0.5, 0.6) is 0 Å². The van der Waals surface area contributed by atoms with Crippen molar-refractivity contribution in [1.82, 2.24) is 0 Å². The SMILES string of the molecule is CC(=O)N1C(=O)/C(=C/c2ccc(C(F)(F)F)cc2)c2ccc(Cl)cc21. The third-order valence-electron chi connectivity index (χ3n) is 3.79. The lowest BCUT2D eigenvalue weighted by Crippen LogP contribution is -2.31. The summed E-state index contributed by atoms with van der Waals surface area (Å²) in [6.45, 7) is 1.25. The number of alkyl halides is 3. The van der Waals surface area contributed by atoms with E-state index in [1.165, 1.54) is 31.2 Å². The first kappa shape index (κ1) is 17.2. The molecule has 0 unspecified atom stereocenters. The van der Waals surface area contributed by atoms with Crippen LogP contribution in [0.3, 0.4) is 0 Å². The summed E-state index contributed by atoms with van der Waals surface area (Å²) in [5.41, 5.74) is 0.738. The number of rotatable bonds is 1. The molecule has 0 spiro atoms. The summed E-state index contributed by atoms with van der Waals surface area (Å²) in [4.78, 5) is 25.3. The lowest BCUT2D eigenvalue weighted by molar-refractivity contribution is -0.137. The molecule has 0 radical (unpaired) electrons. The van der Waals surface area contributed by atoms with Gasteiger partial charge in [0.2, 0.25) is 5.91 Å². The second-order valence-corrected chi connectivity index (χ2v) is 5.94. The highest BCUT2D eigenvalue weighted by molar-refractivity contribution is 6.42. The zero-order valence-electron chi connectivity index (χ0n) is 12.9. The summed E-state index contributed by atoms with van der Waals surface area (Å²) in [5.74, 6) is -1.01. The Morgan fingerprint density at radius 1 is 1.12 bits per heavy atom. The number of hydrogen-bond acceptors (Lipinski definition) is 2. The Hall–Kier alpha value is -2.60. The Labute approximate surface area is 146 Å². The van der Waals surface area contributed by atoms with E-state index in [9.17, 15) is 22.8 Å². The normalized spacial score (nSPS) is 15.6. The molecule has 128 valence electrons. The Morgan fingerprint density at radius 3 is 2.32 bits per heavy atom. The average molecular weight is 366 g/mol. The molecule has 1 aliphatic heterocycles. The fourth-order valence-electron chi connectivity index (χ4n) is 2.65. The van der Waals surface area contributed by atoms with Crippen LogP contribution in [-0.2, 0) is 15.8 Å². The molecule has 0 saturated heterocycles. The summed E-state index contributed by atoms with van der Waals surface area (Å²) >= 11 is 5.93. The van der Waals surface area contributed by atoms with E-state index in [-0.39, 0.29) is 5.57 Å². The van der Waals surface area contributed by atoms with Crippen LogP contribution in [0.4, 0.5) is 18.9 Å². The summed E-state index contributed by atoms with van der Waals surface area (Å²) in [5, 5.41) is 0.369. The zero-order chi connectivity index (χ0) is 18.4. The van der Waals surface area contributed by atoms with Gasteiger partial charge in [0.25, 0.3) is 5.91 Å². The highest BCUT2D eigenvalue weighted by Crippen LogP contribution is 2.39. The molecule has 0 bridgehead atoms. The van der Waals surface area contributed by atoms with Gasteiger partial charge in [-0.05, 0) is 35.9 Å². The van der Waals surface area contributed by atoms with Crippen molar-refractivity contribution in [3.05, 3.63) is 64.2 Å². The lowest BCUT2D eigenvalue weighted by Gasteiger charge is -2.12. The minimum absolute atomic E-state index is 0.224. The molecule has 1 heterocycles. The molecule has 3 nitrogen and oxygen atoms in total. The van der Waals surface area contributed by atoms with Crippen molar-refractivity contribution in [3.8, 4) is 0 Å². The molecule has 2 amide bonds. The number of amides is 2. The second kappa shape index (κ2) is 6.04. The molecular weight excluding hydrogens is 355 g/mol. The predicted molar refractivity (Wildman–Crippen MR) is 88.9 cm³/mol. The molecule has 7 heteroatoms. The van der Waals surface area contributed by atoms with Gasteiger partial charge < -0.3 is 0 Å². The van der Waals surface area contributed by atoms with Crippen LogP contribution < -0.4 is 4.90 Å². The van der Waals surface area contributed by atoms with E-state index in [0.717, 1.165) is 17.0 Å².